The van der Waals surface area contributed by atoms with Crippen LogP contribution >= 0.6 is 0 Å². The highest BCUT2D eigenvalue weighted by atomic mass is 32.2. The van der Waals surface area contributed by atoms with Crippen LogP contribution in [0.5, 0.6) is 0 Å². The Labute approximate surface area is 344 Å². The van der Waals surface area contributed by atoms with E-state index in [1.54, 1.807) is 17.7 Å². The maximum absolute atomic E-state index is 14.6. The Balaban J connectivity index is 1.08. The zero-order chi connectivity index (χ0) is 41.0. The van der Waals surface area contributed by atoms with Crippen molar-refractivity contribution in [1.29, 1.82) is 0 Å². The quantitative estimate of drug-likeness (QED) is 0.222. The van der Waals surface area contributed by atoms with Crippen LogP contribution in [-0.4, -0.2) is 67.8 Å². The highest BCUT2D eigenvalue weighted by Gasteiger charge is 2.69. The van der Waals surface area contributed by atoms with Crippen LogP contribution in [0.3, 0.4) is 0 Å². The summed E-state index contributed by atoms with van der Waals surface area (Å²) in [5.41, 5.74) is 4.28. The number of allylic oxidation sites excluding steroid dienone is 2. The second-order valence-corrected chi connectivity index (χ2v) is 24.3. The minimum Gasteiger partial charge on any atom is -0.379 e. The topological polar surface area (TPSA) is 93.5 Å². The first-order chi connectivity index (χ1) is 26.6. The molecule has 7 atom stereocenters. The van der Waals surface area contributed by atoms with Gasteiger partial charge in [-0.1, -0.05) is 93.0 Å². The van der Waals surface area contributed by atoms with Gasteiger partial charge in [-0.25, -0.2) is 0 Å². The Hall–Kier alpha value is -2.49. The van der Waals surface area contributed by atoms with E-state index in [4.69, 9.17) is 9.84 Å². The van der Waals surface area contributed by atoms with E-state index in [1.165, 1.54) is 4.09 Å². The summed E-state index contributed by atoms with van der Waals surface area (Å²) in [5.74, 6) is 1.38. The molecule has 4 fully saturated rings. The van der Waals surface area contributed by atoms with E-state index >= 15 is 0 Å². The number of amides is 1. The second kappa shape index (κ2) is 13.8. The first kappa shape index (κ1) is 41.3. The number of carbonyl (C=O) groups excluding carboxylic acids is 1. The highest BCUT2D eigenvalue weighted by molar-refractivity contribution is 7.89. The lowest BCUT2D eigenvalue weighted by Crippen LogP contribution is -2.65. The molecule has 1 N–H and O–H groups in total. The molecule has 2 aromatic rings. The summed E-state index contributed by atoms with van der Waals surface area (Å²) in [6.45, 7) is 29.0. The number of nitrogens with zero attached hydrogens (tertiary/aromatic N) is 3. The van der Waals surface area contributed by atoms with Gasteiger partial charge in [0.2, 0.25) is 5.91 Å². The molecule has 9 heteroatoms. The number of morpholine rings is 1. The average molecular weight is 801 g/mol. The van der Waals surface area contributed by atoms with Crippen molar-refractivity contribution in [3.8, 4) is 0 Å². The van der Waals surface area contributed by atoms with Gasteiger partial charge in [0.25, 0.3) is 10.0 Å². The first-order valence-corrected chi connectivity index (χ1v) is 23.8. The van der Waals surface area contributed by atoms with Gasteiger partial charge in [0.05, 0.1) is 29.2 Å². The van der Waals surface area contributed by atoms with Crippen molar-refractivity contribution in [3.63, 3.8) is 0 Å². The van der Waals surface area contributed by atoms with Crippen LogP contribution in [0.2, 0.25) is 0 Å². The Morgan fingerprint density at radius 3 is 2.30 bits per heavy atom. The molecule has 5 aliphatic carbocycles. The van der Waals surface area contributed by atoms with E-state index in [9.17, 15) is 13.2 Å². The summed E-state index contributed by atoms with van der Waals surface area (Å²) < 4.78 is 35.1. The molecule has 3 saturated carbocycles. The van der Waals surface area contributed by atoms with Gasteiger partial charge in [-0.05, 0) is 139 Å². The number of benzene rings is 1. The van der Waals surface area contributed by atoms with Gasteiger partial charge in [-0.2, -0.15) is 17.6 Å². The summed E-state index contributed by atoms with van der Waals surface area (Å²) >= 11 is 0. The fourth-order valence-corrected chi connectivity index (χ4v) is 15.1. The molecule has 0 spiro atoms. The van der Waals surface area contributed by atoms with Crippen molar-refractivity contribution in [2.45, 2.75) is 149 Å². The molecule has 6 aliphatic rings. The van der Waals surface area contributed by atoms with Crippen LogP contribution in [0.4, 0.5) is 0 Å². The summed E-state index contributed by atoms with van der Waals surface area (Å²) in [6.07, 6.45) is 14.7. The zero-order valence-electron chi connectivity index (χ0n) is 36.9. The maximum Gasteiger partial charge on any atom is 0.282 e. The van der Waals surface area contributed by atoms with Crippen LogP contribution in [0.25, 0.3) is 0 Å². The number of nitrogens with one attached hydrogen (secondary N) is 1. The van der Waals surface area contributed by atoms with E-state index in [0.29, 0.717) is 17.7 Å². The smallest absolute Gasteiger partial charge is 0.282 e. The molecule has 1 aromatic carbocycles. The highest BCUT2D eigenvalue weighted by Crippen LogP contribution is 2.75. The number of carbonyl (C=O) groups is 1. The summed E-state index contributed by atoms with van der Waals surface area (Å²) in [7, 11) is -3.85. The molecular formula is C48H72N4O4S. The standard InChI is InChI=1S/C48H72N4O4S/c1-42(2,3)34-12-14-35(15-13-34)57(54,55)52-32-33-30-45(8)38(44(6,7)40(33)50-52)18-19-47(10)39(45)17-16-36-37-31-43(4,5)20-22-48(37,23-21-46(36,47)9)41(53)49-24-11-25-51-26-28-56-29-27-51/h12-16,32,37-39H,11,17-31H2,1-10H3,(H,49,53)/t37-,38-,39+,45-,46+,47+,48-/m0/s1. The second-order valence-electron chi connectivity index (χ2n) is 22.5. The lowest BCUT2D eigenvalue weighted by molar-refractivity contribution is -0.167. The van der Waals surface area contributed by atoms with Crippen LogP contribution < -0.4 is 5.32 Å². The van der Waals surface area contributed by atoms with Gasteiger partial charge < -0.3 is 10.1 Å². The van der Waals surface area contributed by atoms with Crippen LogP contribution in [0, 0.1) is 44.8 Å². The van der Waals surface area contributed by atoms with E-state index < -0.39 is 10.0 Å². The fourth-order valence-electron chi connectivity index (χ4n) is 13.9. The predicted octanol–water partition coefficient (Wildman–Crippen LogP) is 9.07. The Morgan fingerprint density at radius 2 is 1.61 bits per heavy atom. The molecule has 1 aromatic heterocycles. The summed E-state index contributed by atoms with van der Waals surface area (Å²) in [4.78, 5) is 17.3. The van der Waals surface area contributed by atoms with Crippen molar-refractivity contribution in [2.24, 2.45) is 44.8 Å². The van der Waals surface area contributed by atoms with Crippen LogP contribution in [0.1, 0.15) is 144 Å². The molecule has 0 radical (unpaired) electrons. The average Bonchev–Trinajstić information content (AvgIpc) is 3.59. The molecular weight excluding hydrogens is 729 g/mol. The third-order valence-electron chi connectivity index (χ3n) is 17.5. The Bertz CT molecular complexity index is 2020. The van der Waals surface area contributed by atoms with Gasteiger partial charge in [0.15, 0.2) is 0 Å². The minimum atomic E-state index is -3.85. The fraction of sp³-hybridized carbons (Fsp3) is 0.750. The molecule has 8 nitrogen and oxygen atoms in total. The van der Waals surface area contributed by atoms with Crippen molar-refractivity contribution in [1.82, 2.24) is 19.4 Å². The Kier molecular flexibility index (Phi) is 9.97. The molecule has 1 aliphatic heterocycles. The normalized spacial score (nSPS) is 36.1. The third-order valence-corrected chi connectivity index (χ3v) is 19.0. The van der Waals surface area contributed by atoms with Gasteiger partial charge in [0, 0.05) is 31.2 Å². The molecule has 8 rings (SSSR count). The zero-order valence-corrected chi connectivity index (χ0v) is 37.7. The molecule has 2 heterocycles. The van der Waals surface area contributed by atoms with E-state index in [0.717, 1.165) is 120 Å². The molecule has 0 unspecified atom stereocenters. The molecule has 1 saturated heterocycles. The van der Waals surface area contributed by atoms with E-state index in [1.807, 2.05) is 18.3 Å². The minimum absolute atomic E-state index is 0.000739. The number of hydrogen-bond donors (Lipinski definition) is 1. The molecule has 0 bridgehead atoms. The largest absolute Gasteiger partial charge is 0.379 e. The Morgan fingerprint density at radius 1 is 0.930 bits per heavy atom. The monoisotopic (exact) mass is 801 g/mol. The van der Waals surface area contributed by atoms with Crippen molar-refractivity contribution in [3.05, 3.63) is 58.9 Å². The lowest BCUT2D eigenvalue weighted by Gasteiger charge is -2.70. The van der Waals surface area contributed by atoms with E-state index in [-0.39, 0.29) is 48.7 Å². The van der Waals surface area contributed by atoms with Crippen LogP contribution in [-0.2, 0) is 36.8 Å². The molecule has 1 amide bonds. The third kappa shape index (κ3) is 6.44. The van der Waals surface area contributed by atoms with Crippen molar-refractivity contribution < 1.29 is 17.9 Å². The van der Waals surface area contributed by atoms with Crippen molar-refractivity contribution >= 4 is 15.9 Å². The lowest BCUT2D eigenvalue weighted by atomic mass is 9.33. The first-order valence-electron chi connectivity index (χ1n) is 22.3. The molecule has 57 heavy (non-hydrogen) atoms. The molecule has 314 valence electrons. The van der Waals surface area contributed by atoms with Crippen LogP contribution in [0.15, 0.2) is 47.0 Å². The van der Waals surface area contributed by atoms with Gasteiger partial charge >= 0.3 is 0 Å². The van der Waals surface area contributed by atoms with E-state index in [2.05, 4.69) is 85.5 Å². The van der Waals surface area contributed by atoms with Gasteiger partial charge in [-0.15, -0.1) is 0 Å². The summed E-state index contributed by atoms with van der Waals surface area (Å²) in [5, 5.41) is 8.45. The summed E-state index contributed by atoms with van der Waals surface area (Å²) in [6, 6.07) is 7.35. The van der Waals surface area contributed by atoms with Gasteiger partial charge in [0.1, 0.15) is 0 Å². The predicted molar refractivity (Wildman–Crippen MR) is 228 cm³/mol. The SMILES string of the molecule is CC1(C)CC[C@]2(C(=O)NCCCN3CCOCC3)CC[C@]3(C)C(=CC[C@@H]4[C@@]5(C)Cc6cn(S(=O)(=O)c7ccc(C(C)(C)C)cc7)nc6C(C)(C)[C@@H]5CC[C@]43C)[C@@H]2C1. The number of rotatable bonds is 7. The maximum atomic E-state index is 14.6. The van der Waals surface area contributed by atoms with Gasteiger partial charge in [-0.3, -0.25) is 9.69 Å². The number of ether oxygens (including phenoxy) is 1. The van der Waals surface area contributed by atoms with Crippen molar-refractivity contribution in [2.75, 3.05) is 39.4 Å². The number of fused-ring (bicyclic) bond motifs is 8. The number of hydrogen-bond acceptors (Lipinski definition) is 6. The number of aromatic nitrogens is 2.